The van der Waals surface area contributed by atoms with Gasteiger partial charge >= 0.3 is 0 Å². The Balaban J connectivity index is 1.97. The van der Waals surface area contributed by atoms with Crippen molar-refractivity contribution in [1.82, 2.24) is 5.32 Å². The van der Waals surface area contributed by atoms with Crippen LogP contribution >= 0.6 is 34.8 Å². The lowest BCUT2D eigenvalue weighted by Crippen LogP contribution is -2.34. The molecule has 0 aliphatic carbocycles. The second-order valence-electron chi connectivity index (χ2n) is 5.28. The van der Waals surface area contributed by atoms with E-state index in [1.807, 2.05) is 43.3 Å². The van der Waals surface area contributed by atoms with Crippen LogP contribution in [0.15, 0.2) is 48.5 Å². The standard InChI is InChI=1S/C18H19IN2O2S/c1-3-12(2)23-16-9-5-8-15(11-16)20-18(24)21-17(22)13-6-4-7-14(19)10-13/h4-12H,3H2,1-2H3,(H2,20,21,22,24). The molecule has 126 valence electrons. The Kier molecular flexibility index (Phi) is 6.99. The van der Waals surface area contributed by atoms with Gasteiger partial charge in [0.1, 0.15) is 5.75 Å². The van der Waals surface area contributed by atoms with Gasteiger partial charge in [-0.1, -0.05) is 19.1 Å². The number of ether oxygens (including phenoxy) is 1. The molecule has 2 rings (SSSR count). The molecule has 6 heteroatoms. The number of anilines is 1. The first-order chi connectivity index (χ1) is 11.5. The van der Waals surface area contributed by atoms with E-state index in [2.05, 4.69) is 40.1 Å². The second-order valence-corrected chi connectivity index (χ2v) is 6.94. The normalized spacial score (nSPS) is 11.5. The molecule has 1 atom stereocenters. The van der Waals surface area contributed by atoms with Gasteiger partial charge in [0.2, 0.25) is 0 Å². The minimum absolute atomic E-state index is 0.146. The Bertz CT molecular complexity index is 736. The van der Waals surface area contributed by atoms with E-state index in [4.69, 9.17) is 17.0 Å². The Morgan fingerprint density at radius 3 is 2.71 bits per heavy atom. The van der Waals surface area contributed by atoms with E-state index in [1.54, 1.807) is 12.1 Å². The lowest BCUT2D eigenvalue weighted by atomic mass is 10.2. The van der Waals surface area contributed by atoms with Crippen molar-refractivity contribution in [3.8, 4) is 5.75 Å². The molecule has 1 unspecified atom stereocenters. The monoisotopic (exact) mass is 454 g/mol. The van der Waals surface area contributed by atoms with E-state index in [-0.39, 0.29) is 17.1 Å². The predicted molar refractivity (Wildman–Crippen MR) is 110 cm³/mol. The molecule has 0 saturated carbocycles. The van der Waals surface area contributed by atoms with Gasteiger partial charge in [0.15, 0.2) is 5.11 Å². The zero-order chi connectivity index (χ0) is 17.5. The lowest BCUT2D eigenvalue weighted by molar-refractivity contribution is 0.0977. The van der Waals surface area contributed by atoms with Gasteiger partial charge in [0.05, 0.1) is 6.10 Å². The quantitative estimate of drug-likeness (QED) is 0.513. The summed E-state index contributed by atoms with van der Waals surface area (Å²) in [4.78, 5) is 12.2. The highest BCUT2D eigenvalue weighted by atomic mass is 127. The van der Waals surface area contributed by atoms with E-state index in [0.717, 1.165) is 21.4 Å². The number of halogens is 1. The van der Waals surface area contributed by atoms with Crippen LogP contribution in [0.5, 0.6) is 5.75 Å². The van der Waals surface area contributed by atoms with Crippen LogP contribution in [-0.4, -0.2) is 17.1 Å². The van der Waals surface area contributed by atoms with Crippen LogP contribution in [0.1, 0.15) is 30.6 Å². The summed E-state index contributed by atoms with van der Waals surface area (Å²) in [5.41, 5.74) is 1.34. The summed E-state index contributed by atoms with van der Waals surface area (Å²) in [7, 11) is 0. The van der Waals surface area contributed by atoms with Crippen LogP contribution in [-0.2, 0) is 0 Å². The van der Waals surface area contributed by atoms with Gasteiger partial charge in [0.25, 0.3) is 5.91 Å². The summed E-state index contributed by atoms with van der Waals surface area (Å²) < 4.78 is 6.77. The summed E-state index contributed by atoms with van der Waals surface area (Å²) in [5, 5.41) is 5.94. The number of thiocarbonyl (C=S) groups is 1. The molecule has 0 saturated heterocycles. The molecule has 0 heterocycles. The van der Waals surface area contributed by atoms with E-state index in [1.165, 1.54) is 0 Å². The Labute approximate surface area is 161 Å². The van der Waals surface area contributed by atoms with Gasteiger partial charge in [-0.05, 0) is 78.5 Å². The number of carbonyl (C=O) groups excluding carboxylic acids is 1. The first-order valence-electron chi connectivity index (χ1n) is 7.62. The summed E-state index contributed by atoms with van der Waals surface area (Å²) >= 11 is 7.38. The van der Waals surface area contributed by atoms with Crippen LogP contribution in [0, 0.1) is 3.57 Å². The Hall–Kier alpha value is -1.67. The van der Waals surface area contributed by atoms with Gasteiger partial charge in [0, 0.05) is 20.9 Å². The molecule has 2 N–H and O–H groups in total. The molecule has 0 aliphatic rings. The molecule has 24 heavy (non-hydrogen) atoms. The van der Waals surface area contributed by atoms with Gasteiger partial charge < -0.3 is 10.1 Å². The molecule has 0 spiro atoms. The average Bonchev–Trinajstić information content (AvgIpc) is 2.54. The third-order valence-electron chi connectivity index (χ3n) is 3.32. The molecule has 0 fully saturated rings. The predicted octanol–water partition coefficient (Wildman–Crippen LogP) is 4.60. The number of carbonyl (C=O) groups is 1. The Morgan fingerprint density at radius 2 is 2.00 bits per heavy atom. The third kappa shape index (κ3) is 5.76. The molecule has 0 bridgehead atoms. The average molecular weight is 454 g/mol. The van der Waals surface area contributed by atoms with E-state index >= 15 is 0 Å². The Morgan fingerprint density at radius 1 is 1.25 bits per heavy atom. The molecule has 0 radical (unpaired) electrons. The van der Waals surface area contributed by atoms with E-state index in [0.29, 0.717) is 5.56 Å². The van der Waals surface area contributed by atoms with Gasteiger partial charge in [-0.25, -0.2) is 0 Å². The maximum absolute atomic E-state index is 12.2. The fourth-order valence-electron chi connectivity index (χ4n) is 1.93. The fourth-order valence-corrected chi connectivity index (χ4v) is 2.68. The van der Waals surface area contributed by atoms with Crippen LogP contribution < -0.4 is 15.4 Å². The number of hydrogen-bond acceptors (Lipinski definition) is 3. The maximum Gasteiger partial charge on any atom is 0.257 e. The SMILES string of the molecule is CCC(C)Oc1cccc(NC(=S)NC(=O)c2cccc(I)c2)c1. The second kappa shape index (κ2) is 8.98. The minimum atomic E-state index is -0.238. The van der Waals surface area contributed by atoms with Crippen molar-refractivity contribution >= 4 is 51.5 Å². The van der Waals surface area contributed by atoms with Gasteiger partial charge in [-0.3, -0.25) is 10.1 Å². The molecule has 2 aromatic carbocycles. The molecule has 0 aromatic heterocycles. The van der Waals surface area contributed by atoms with Crippen molar-refractivity contribution in [1.29, 1.82) is 0 Å². The smallest absolute Gasteiger partial charge is 0.257 e. The fraction of sp³-hybridized carbons (Fsp3) is 0.222. The molecular weight excluding hydrogens is 435 g/mol. The molecule has 2 aromatic rings. The minimum Gasteiger partial charge on any atom is -0.491 e. The van der Waals surface area contributed by atoms with Gasteiger partial charge in [-0.15, -0.1) is 0 Å². The third-order valence-corrected chi connectivity index (χ3v) is 4.19. The van der Waals surface area contributed by atoms with Crippen LogP contribution in [0.25, 0.3) is 0 Å². The number of rotatable bonds is 5. The van der Waals surface area contributed by atoms with Gasteiger partial charge in [-0.2, -0.15) is 0 Å². The topological polar surface area (TPSA) is 50.4 Å². The summed E-state index contributed by atoms with van der Waals surface area (Å²) in [6, 6.07) is 14.8. The van der Waals surface area contributed by atoms with Crippen molar-refractivity contribution in [2.45, 2.75) is 26.4 Å². The van der Waals surface area contributed by atoms with Crippen molar-refractivity contribution < 1.29 is 9.53 Å². The summed E-state index contributed by atoms with van der Waals surface area (Å²) in [5.74, 6) is 0.527. The number of nitrogens with one attached hydrogen (secondary N) is 2. The number of benzene rings is 2. The highest BCUT2D eigenvalue weighted by molar-refractivity contribution is 14.1. The van der Waals surface area contributed by atoms with Crippen molar-refractivity contribution in [3.05, 3.63) is 57.7 Å². The van der Waals surface area contributed by atoms with Crippen LogP contribution in [0.4, 0.5) is 5.69 Å². The highest BCUT2D eigenvalue weighted by Crippen LogP contribution is 2.19. The number of hydrogen-bond donors (Lipinski definition) is 2. The molecular formula is C18H19IN2O2S. The number of amides is 1. The van der Waals surface area contributed by atoms with E-state index < -0.39 is 0 Å². The highest BCUT2D eigenvalue weighted by Gasteiger charge is 2.09. The zero-order valence-corrected chi connectivity index (χ0v) is 16.5. The van der Waals surface area contributed by atoms with Crippen LogP contribution in [0.2, 0.25) is 0 Å². The maximum atomic E-state index is 12.2. The largest absolute Gasteiger partial charge is 0.491 e. The molecule has 4 nitrogen and oxygen atoms in total. The molecule has 1 amide bonds. The summed E-state index contributed by atoms with van der Waals surface area (Å²) in [6.45, 7) is 4.09. The summed E-state index contributed by atoms with van der Waals surface area (Å²) in [6.07, 6.45) is 1.08. The first-order valence-corrected chi connectivity index (χ1v) is 9.11. The zero-order valence-electron chi connectivity index (χ0n) is 13.5. The van der Waals surface area contributed by atoms with Crippen molar-refractivity contribution in [3.63, 3.8) is 0 Å². The first kappa shape index (κ1) is 18.7. The molecule has 0 aliphatic heterocycles. The van der Waals surface area contributed by atoms with Crippen molar-refractivity contribution in [2.75, 3.05) is 5.32 Å². The van der Waals surface area contributed by atoms with Crippen molar-refractivity contribution in [2.24, 2.45) is 0 Å². The lowest BCUT2D eigenvalue weighted by Gasteiger charge is -2.14. The van der Waals surface area contributed by atoms with Crippen LogP contribution in [0.3, 0.4) is 0 Å². The van der Waals surface area contributed by atoms with E-state index in [9.17, 15) is 4.79 Å².